The molecule has 0 aliphatic heterocycles. The summed E-state index contributed by atoms with van der Waals surface area (Å²) in [5.74, 6) is -6.72. The van der Waals surface area contributed by atoms with Crippen LogP contribution in [0.25, 0.3) is 0 Å². The Labute approximate surface area is 356 Å². The van der Waals surface area contributed by atoms with E-state index in [2.05, 4.69) is 63.7 Å². The van der Waals surface area contributed by atoms with Crippen LogP contribution in [0.4, 0.5) is 0 Å². The van der Waals surface area contributed by atoms with Crippen LogP contribution in [0.5, 0.6) is 46.0 Å². The van der Waals surface area contributed by atoms with Crippen LogP contribution in [0.15, 0.2) is 42.2 Å². The molecule has 304 valence electrons. The lowest BCUT2D eigenvalue weighted by atomic mass is 9.76. The smallest absolute Gasteiger partial charge is 0.137 e. The average molecular weight is 1040 g/mol. The summed E-state index contributed by atoms with van der Waals surface area (Å²) in [5.41, 5.74) is 1.56. The van der Waals surface area contributed by atoms with Crippen molar-refractivity contribution in [1.29, 1.82) is 0 Å². The molecule has 4 aromatic rings. The number of benzene rings is 4. The van der Waals surface area contributed by atoms with Crippen LogP contribution in [0, 0.1) is 0 Å². The highest BCUT2D eigenvalue weighted by Gasteiger charge is 2.36. The number of fused-ring (bicyclic) bond motifs is 8. The van der Waals surface area contributed by atoms with Gasteiger partial charge in [0, 0.05) is 94.6 Å². The van der Waals surface area contributed by atoms with Crippen LogP contribution >= 0.6 is 63.7 Å². The first-order valence-electron chi connectivity index (χ1n) is 18.1. The first-order chi connectivity index (χ1) is 26.7. The number of phenolic OH excluding ortho intramolecular Hbond substituents is 8. The molecule has 0 saturated carbocycles. The van der Waals surface area contributed by atoms with Crippen LogP contribution in [0.1, 0.15) is 120 Å². The Kier molecular flexibility index (Phi) is 14.8. The minimum atomic E-state index is -0.910. The Bertz CT molecular complexity index is 1690. The highest BCUT2D eigenvalue weighted by atomic mass is 79.9. The van der Waals surface area contributed by atoms with Crippen LogP contribution in [-0.2, 0) is 0 Å². The van der Waals surface area contributed by atoms with E-state index < -0.39 is 23.7 Å². The molecule has 4 aromatic carbocycles. The molecule has 56 heavy (non-hydrogen) atoms. The van der Waals surface area contributed by atoms with E-state index in [1.807, 2.05) is 0 Å². The Morgan fingerprint density at radius 3 is 0.571 bits per heavy atom. The molecule has 0 fully saturated rings. The van der Waals surface area contributed by atoms with Gasteiger partial charge < -0.3 is 61.3 Å². The lowest BCUT2D eigenvalue weighted by Gasteiger charge is -2.30. The third-order valence-electron chi connectivity index (χ3n) is 10.7. The average Bonchev–Trinajstić information content (AvgIpc) is 3.18. The van der Waals surface area contributed by atoms with E-state index in [1.165, 1.54) is 24.3 Å². The predicted octanol–water partition coefficient (Wildman–Crippen LogP) is 8.31. The van der Waals surface area contributed by atoms with Crippen molar-refractivity contribution in [1.82, 2.24) is 0 Å². The fourth-order valence-electron chi connectivity index (χ4n) is 7.90. The second kappa shape index (κ2) is 18.7. The lowest BCUT2D eigenvalue weighted by Crippen LogP contribution is -2.13. The second-order valence-electron chi connectivity index (χ2n) is 13.9. The summed E-state index contributed by atoms with van der Waals surface area (Å²) in [5, 5.41) is 134. The maximum atomic E-state index is 11.7. The van der Waals surface area contributed by atoms with Crippen molar-refractivity contribution in [2.75, 3.05) is 26.4 Å². The van der Waals surface area contributed by atoms with Gasteiger partial charge >= 0.3 is 0 Å². The fourth-order valence-corrected chi connectivity index (χ4v) is 9.73. The van der Waals surface area contributed by atoms with Gasteiger partial charge in [-0.2, -0.15) is 0 Å². The molecule has 0 heterocycles. The van der Waals surface area contributed by atoms with Crippen molar-refractivity contribution in [3.8, 4) is 46.0 Å². The Morgan fingerprint density at radius 1 is 0.304 bits per heavy atom. The number of halogens is 4. The summed E-state index contributed by atoms with van der Waals surface area (Å²) >= 11 is 13.4. The molecular formula is C40H44Br4O12. The lowest BCUT2D eigenvalue weighted by molar-refractivity contribution is 0.280. The maximum absolute atomic E-state index is 11.7. The van der Waals surface area contributed by atoms with Crippen molar-refractivity contribution in [2.45, 2.75) is 75.0 Å². The van der Waals surface area contributed by atoms with E-state index in [1.54, 1.807) is 0 Å². The molecule has 0 saturated heterocycles. The van der Waals surface area contributed by atoms with Crippen molar-refractivity contribution in [3.63, 3.8) is 0 Å². The highest BCUT2D eigenvalue weighted by molar-refractivity contribution is 9.11. The number of hydrogen-bond acceptors (Lipinski definition) is 12. The number of aliphatic hydroxyl groups is 4. The molecule has 1 aliphatic rings. The van der Waals surface area contributed by atoms with E-state index in [0.717, 1.165) is 0 Å². The molecule has 16 heteroatoms. The molecule has 0 spiro atoms. The van der Waals surface area contributed by atoms with Gasteiger partial charge in [-0.15, -0.1) is 0 Å². The number of rotatable bonds is 12. The zero-order valence-electron chi connectivity index (χ0n) is 30.0. The van der Waals surface area contributed by atoms with Crippen molar-refractivity contribution >= 4 is 63.7 Å². The van der Waals surface area contributed by atoms with Crippen LogP contribution < -0.4 is 0 Å². The molecule has 12 N–H and O–H groups in total. The van der Waals surface area contributed by atoms with Gasteiger partial charge in [0.1, 0.15) is 63.9 Å². The molecule has 0 unspecified atom stereocenters. The molecule has 0 amide bonds. The number of aromatic hydroxyl groups is 8. The van der Waals surface area contributed by atoms with Gasteiger partial charge in [-0.25, -0.2) is 0 Å². The van der Waals surface area contributed by atoms with E-state index in [9.17, 15) is 61.3 Å². The Balaban J connectivity index is 2.06. The van der Waals surface area contributed by atoms with Crippen molar-refractivity contribution < 1.29 is 61.3 Å². The first kappa shape index (κ1) is 44.1. The molecule has 0 radical (unpaired) electrons. The fraction of sp³-hybridized carbons (Fsp3) is 0.400. The summed E-state index contributed by atoms with van der Waals surface area (Å²) < 4.78 is -0.442. The summed E-state index contributed by atoms with van der Waals surface area (Å²) in [7, 11) is 0. The third-order valence-corrected chi connectivity index (χ3v) is 13.7. The normalized spacial score (nSPS) is 18.0. The summed E-state index contributed by atoms with van der Waals surface area (Å²) in [6.07, 6.45) is 1.30. The quantitative estimate of drug-likeness (QED) is 0.0641. The number of hydrogen-bond donors (Lipinski definition) is 12. The molecule has 5 rings (SSSR count). The van der Waals surface area contributed by atoms with Gasteiger partial charge in [-0.3, -0.25) is 0 Å². The molecule has 12 nitrogen and oxygen atoms in total. The monoisotopic (exact) mass is 1030 g/mol. The topological polar surface area (TPSA) is 243 Å². The second-order valence-corrected chi connectivity index (χ2v) is 17.1. The Morgan fingerprint density at radius 2 is 0.446 bits per heavy atom. The summed E-state index contributed by atoms with van der Waals surface area (Å²) in [6, 6.07) is 6.09. The molecule has 8 bridgehead atoms. The van der Waals surface area contributed by atoms with Gasteiger partial charge in [-0.05, 0) is 139 Å². The van der Waals surface area contributed by atoms with E-state index >= 15 is 0 Å². The van der Waals surface area contributed by atoms with Crippen LogP contribution in [0.3, 0.4) is 0 Å². The van der Waals surface area contributed by atoms with Gasteiger partial charge in [0.15, 0.2) is 0 Å². The van der Waals surface area contributed by atoms with Gasteiger partial charge in [-0.1, -0.05) is 0 Å². The first-order valence-corrected chi connectivity index (χ1v) is 21.2. The SMILES string of the molecule is OCCCC1c2cc(c(O)c(Br)c2O)C(CCCO)c2cc(c(O)c(Br)c2O)C(CCCO)c2cc(c(O)c(Br)c2O)C(CCCO)c2cc1c(O)c(Br)c2O. The molecular weight excluding hydrogens is 992 g/mol. The molecule has 0 aromatic heterocycles. The summed E-state index contributed by atoms with van der Waals surface area (Å²) in [6.45, 7) is -1.05. The number of phenols is 8. The zero-order chi connectivity index (χ0) is 41.2. The molecule has 0 atom stereocenters. The van der Waals surface area contributed by atoms with E-state index in [4.69, 9.17) is 0 Å². The standard InChI is InChI=1S/C40H44Br4O12/c41-29-33(49)21-13-23(35(29)51)18(6-2-10-46)25-15-27(39(55)31(43)37(25)53)20(8-4-12-48)28-16-26(38(54)32(44)40(28)56)19(7-3-11-47)24-14-22(17(21)5-1-9-45)34(50)30(42)36(24)52/h13-20,45-56H,1-12H2. The van der Waals surface area contributed by atoms with Gasteiger partial charge in [0.2, 0.25) is 0 Å². The number of aliphatic hydroxyl groups excluding tert-OH is 4. The van der Waals surface area contributed by atoms with Crippen molar-refractivity contribution in [3.05, 3.63) is 86.7 Å². The summed E-state index contributed by atoms with van der Waals surface area (Å²) in [4.78, 5) is 0. The minimum Gasteiger partial charge on any atom is -0.506 e. The highest BCUT2D eigenvalue weighted by Crippen LogP contribution is 2.57. The van der Waals surface area contributed by atoms with Crippen LogP contribution in [-0.4, -0.2) is 87.7 Å². The third kappa shape index (κ3) is 8.17. The van der Waals surface area contributed by atoms with E-state index in [0.29, 0.717) is 0 Å². The van der Waals surface area contributed by atoms with Gasteiger partial charge in [0.25, 0.3) is 0 Å². The minimum absolute atomic E-state index is 0.111. The van der Waals surface area contributed by atoms with Gasteiger partial charge in [0.05, 0.1) is 0 Å². The maximum Gasteiger partial charge on any atom is 0.137 e. The largest absolute Gasteiger partial charge is 0.506 e. The van der Waals surface area contributed by atoms with Crippen molar-refractivity contribution in [2.24, 2.45) is 0 Å². The molecule has 1 aliphatic carbocycles. The Hall–Kier alpha value is -2.96. The zero-order valence-corrected chi connectivity index (χ0v) is 36.3. The predicted molar refractivity (Wildman–Crippen MR) is 223 cm³/mol. The van der Waals surface area contributed by atoms with Crippen LogP contribution in [0.2, 0.25) is 0 Å². The van der Waals surface area contributed by atoms with E-state index in [-0.39, 0.29) is 186 Å².